The second kappa shape index (κ2) is 8.46. The molecule has 1 fully saturated rings. The van der Waals surface area contributed by atoms with Crippen LogP contribution in [0.5, 0.6) is 0 Å². The van der Waals surface area contributed by atoms with E-state index in [1.807, 2.05) is 25.2 Å². The Bertz CT molecular complexity index is 592. The fourth-order valence-corrected chi connectivity index (χ4v) is 4.14. The van der Waals surface area contributed by atoms with E-state index in [4.69, 9.17) is 9.47 Å². The Morgan fingerprint density at radius 2 is 2.00 bits per heavy atom. The standard InChI is InChI=1S/C22H36O5/c1-16(2)22-13-11-20(4,25)10-6-7-18(15-23)8-9-19(27-22)21(5,12-14-22)26-17(3)24/h7,11,13,16,19,23,25H,6,8-10,12,14-15H2,1-5H3/b13-11+,18-7-/t19-,20+,21-,22+/m0/s1. The van der Waals surface area contributed by atoms with Crippen LogP contribution in [0.3, 0.4) is 0 Å². The molecule has 2 heterocycles. The van der Waals surface area contributed by atoms with Gasteiger partial charge in [0, 0.05) is 6.92 Å². The lowest BCUT2D eigenvalue weighted by Crippen LogP contribution is -2.56. The lowest BCUT2D eigenvalue weighted by molar-refractivity contribution is -0.226. The van der Waals surface area contributed by atoms with E-state index in [0.717, 1.165) is 12.0 Å². The molecule has 2 aliphatic heterocycles. The molecular weight excluding hydrogens is 344 g/mol. The Morgan fingerprint density at radius 1 is 1.30 bits per heavy atom. The van der Waals surface area contributed by atoms with Crippen LogP contribution in [0, 0.1) is 5.92 Å². The van der Waals surface area contributed by atoms with Gasteiger partial charge < -0.3 is 19.7 Å². The molecule has 0 aliphatic carbocycles. The number of hydrogen-bond donors (Lipinski definition) is 2. The highest BCUT2D eigenvalue weighted by atomic mass is 16.6. The average molecular weight is 381 g/mol. The molecule has 2 rings (SSSR count). The van der Waals surface area contributed by atoms with E-state index in [1.54, 1.807) is 6.92 Å². The Labute approximate surface area is 163 Å². The van der Waals surface area contributed by atoms with Crippen LogP contribution in [0.2, 0.25) is 0 Å². The van der Waals surface area contributed by atoms with Crippen LogP contribution in [-0.4, -0.2) is 45.7 Å². The zero-order valence-corrected chi connectivity index (χ0v) is 17.5. The minimum atomic E-state index is -0.937. The fraction of sp³-hybridized carbons (Fsp3) is 0.773. The minimum absolute atomic E-state index is 0.00962. The number of carbonyl (C=O) groups is 1. The van der Waals surface area contributed by atoms with Gasteiger partial charge in [0.15, 0.2) is 0 Å². The lowest BCUT2D eigenvalue weighted by atomic mass is 9.75. The van der Waals surface area contributed by atoms with Gasteiger partial charge in [0.25, 0.3) is 0 Å². The molecule has 2 N–H and O–H groups in total. The molecule has 27 heavy (non-hydrogen) atoms. The number of allylic oxidation sites excluding steroid dienone is 1. The monoisotopic (exact) mass is 380 g/mol. The zero-order valence-electron chi connectivity index (χ0n) is 17.5. The molecule has 5 nitrogen and oxygen atoms in total. The molecule has 0 unspecified atom stereocenters. The Kier molecular flexibility index (Phi) is 6.93. The Morgan fingerprint density at radius 3 is 2.59 bits per heavy atom. The van der Waals surface area contributed by atoms with E-state index in [-0.39, 0.29) is 24.6 Å². The highest BCUT2D eigenvalue weighted by Crippen LogP contribution is 2.44. The van der Waals surface area contributed by atoms with Crippen molar-refractivity contribution in [3.63, 3.8) is 0 Å². The molecule has 0 spiro atoms. The highest BCUT2D eigenvalue weighted by molar-refractivity contribution is 5.66. The molecule has 0 aromatic rings. The van der Waals surface area contributed by atoms with Crippen molar-refractivity contribution in [2.75, 3.05) is 6.61 Å². The first-order valence-electron chi connectivity index (χ1n) is 10.1. The third-order valence-corrected chi connectivity index (χ3v) is 6.15. The third-order valence-electron chi connectivity index (χ3n) is 6.15. The molecule has 154 valence electrons. The quantitative estimate of drug-likeness (QED) is 0.577. The first-order chi connectivity index (χ1) is 12.5. The van der Waals surface area contributed by atoms with Crippen LogP contribution in [0.1, 0.15) is 73.1 Å². The number of rotatable bonds is 3. The van der Waals surface area contributed by atoms with Gasteiger partial charge in [-0.15, -0.1) is 0 Å². The van der Waals surface area contributed by atoms with Crippen LogP contribution in [-0.2, 0) is 14.3 Å². The van der Waals surface area contributed by atoms with Gasteiger partial charge in [0.05, 0.1) is 23.9 Å². The predicted octanol–water partition coefficient (Wildman–Crippen LogP) is 3.68. The number of fused-ring (bicyclic) bond motifs is 2. The van der Waals surface area contributed by atoms with E-state index >= 15 is 0 Å². The summed E-state index contributed by atoms with van der Waals surface area (Å²) in [4.78, 5) is 11.7. The van der Waals surface area contributed by atoms with Crippen molar-refractivity contribution in [3.05, 3.63) is 23.8 Å². The molecule has 0 amide bonds. The van der Waals surface area contributed by atoms with Crippen molar-refractivity contribution in [1.29, 1.82) is 0 Å². The topological polar surface area (TPSA) is 76.0 Å². The van der Waals surface area contributed by atoms with Gasteiger partial charge in [-0.25, -0.2) is 0 Å². The lowest BCUT2D eigenvalue weighted by Gasteiger charge is -2.50. The molecule has 0 aromatic heterocycles. The van der Waals surface area contributed by atoms with Gasteiger partial charge in [-0.1, -0.05) is 32.1 Å². The van der Waals surface area contributed by atoms with Crippen molar-refractivity contribution >= 4 is 5.97 Å². The summed E-state index contributed by atoms with van der Waals surface area (Å²) in [5.41, 5.74) is -1.19. The SMILES string of the molecule is CC(=O)O[C@@]1(C)CC[C@@]2(C(C)C)/C=C/[C@](C)(O)CC/C=C(\CO)CC[C@@H]1O2. The van der Waals surface area contributed by atoms with Crippen molar-refractivity contribution < 1.29 is 24.5 Å². The second-order valence-corrected chi connectivity index (χ2v) is 8.91. The molecule has 2 aliphatic rings. The molecule has 0 aromatic carbocycles. The van der Waals surface area contributed by atoms with E-state index in [0.29, 0.717) is 32.1 Å². The normalized spacial score (nSPS) is 41.0. The van der Waals surface area contributed by atoms with E-state index in [9.17, 15) is 15.0 Å². The second-order valence-electron chi connectivity index (χ2n) is 8.91. The number of aliphatic hydroxyl groups excluding tert-OH is 1. The summed E-state index contributed by atoms with van der Waals surface area (Å²) >= 11 is 0. The number of carbonyl (C=O) groups excluding carboxylic acids is 1. The van der Waals surface area contributed by atoms with Crippen LogP contribution in [0.25, 0.3) is 0 Å². The summed E-state index contributed by atoms with van der Waals surface area (Å²) in [6.45, 7) is 9.41. The summed E-state index contributed by atoms with van der Waals surface area (Å²) in [5, 5.41) is 20.4. The third kappa shape index (κ3) is 5.43. The van der Waals surface area contributed by atoms with Crippen LogP contribution in [0.15, 0.2) is 23.8 Å². The molecule has 0 saturated carbocycles. The Balaban J connectivity index is 2.43. The molecular formula is C22H36O5. The maximum absolute atomic E-state index is 11.7. The minimum Gasteiger partial charge on any atom is -0.457 e. The summed E-state index contributed by atoms with van der Waals surface area (Å²) in [6, 6.07) is 0. The van der Waals surface area contributed by atoms with Gasteiger partial charge in [-0.3, -0.25) is 4.79 Å². The molecule has 2 bridgehead atoms. The van der Waals surface area contributed by atoms with E-state index in [1.165, 1.54) is 6.92 Å². The first kappa shape index (κ1) is 22.1. The van der Waals surface area contributed by atoms with Gasteiger partial charge in [0.2, 0.25) is 0 Å². The summed E-state index contributed by atoms with van der Waals surface area (Å²) in [6.07, 6.45) is 9.67. The zero-order chi connectivity index (χ0) is 20.3. The van der Waals surface area contributed by atoms with Crippen LogP contribution < -0.4 is 0 Å². The smallest absolute Gasteiger partial charge is 0.303 e. The first-order valence-corrected chi connectivity index (χ1v) is 10.1. The summed E-state index contributed by atoms with van der Waals surface area (Å²) in [7, 11) is 0. The van der Waals surface area contributed by atoms with Gasteiger partial charge in [-0.05, 0) is 63.9 Å². The molecule has 1 saturated heterocycles. The van der Waals surface area contributed by atoms with Crippen LogP contribution in [0.4, 0.5) is 0 Å². The fourth-order valence-electron chi connectivity index (χ4n) is 4.14. The van der Waals surface area contributed by atoms with E-state index < -0.39 is 16.8 Å². The Hall–Kier alpha value is -1.17. The molecule has 5 heteroatoms. The number of esters is 1. The van der Waals surface area contributed by atoms with Gasteiger partial charge in [-0.2, -0.15) is 0 Å². The predicted molar refractivity (Wildman–Crippen MR) is 105 cm³/mol. The van der Waals surface area contributed by atoms with E-state index in [2.05, 4.69) is 13.8 Å². The van der Waals surface area contributed by atoms with Crippen molar-refractivity contribution in [2.45, 2.75) is 96.1 Å². The summed E-state index contributed by atoms with van der Waals surface area (Å²) < 4.78 is 12.3. The number of hydrogen-bond acceptors (Lipinski definition) is 5. The average Bonchev–Trinajstić information content (AvgIpc) is 2.56. The summed E-state index contributed by atoms with van der Waals surface area (Å²) in [5.74, 6) is -0.0922. The number of ether oxygens (including phenoxy) is 2. The van der Waals surface area contributed by atoms with Crippen LogP contribution >= 0.6 is 0 Å². The maximum atomic E-state index is 11.7. The van der Waals surface area contributed by atoms with Crippen molar-refractivity contribution in [3.8, 4) is 0 Å². The molecule has 0 radical (unpaired) electrons. The van der Waals surface area contributed by atoms with Gasteiger partial charge >= 0.3 is 5.97 Å². The van der Waals surface area contributed by atoms with Crippen molar-refractivity contribution in [1.82, 2.24) is 0 Å². The maximum Gasteiger partial charge on any atom is 0.303 e. The molecule has 4 atom stereocenters. The van der Waals surface area contributed by atoms with Crippen molar-refractivity contribution in [2.24, 2.45) is 5.92 Å². The highest BCUT2D eigenvalue weighted by Gasteiger charge is 2.50. The number of aliphatic hydroxyl groups is 2. The van der Waals surface area contributed by atoms with Gasteiger partial charge in [0.1, 0.15) is 5.60 Å². The largest absolute Gasteiger partial charge is 0.457 e.